The largest absolute Gasteiger partial charge is 0.462 e. The Kier molecular flexibility index (Phi) is 21.0. The third-order valence-electron chi connectivity index (χ3n) is 15.6. The highest BCUT2D eigenvalue weighted by molar-refractivity contribution is 5.96. The monoisotopic (exact) mass is 1270 g/mol. The smallest absolute Gasteiger partial charge is 0.338 e. The van der Waals surface area contributed by atoms with Crippen LogP contribution in [0.25, 0.3) is 0 Å². The number of nitrogens with zero attached hydrogens (tertiary/aromatic N) is 5. The van der Waals surface area contributed by atoms with Crippen molar-refractivity contribution in [3.8, 4) is 0 Å². The van der Waals surface area contributed by atoms with Crippen LogP contribution in [0.5, 0.6) is 0 Å². The molecule has 0 aliphatic heterocycles. The average Bonchev–Trinajstić information content (AvgIpc) is 0.814. The van der Waals surface area contributed by atoms with Crippen LogP contribution in [0.3, 0.4) is 0 Å². The van der Waals surface area contributed by atoms with E-state index in [-0.39, 0.29) is 33.0 Å². The highest BCUT2D eigenvalue weighted by Gasteiger charge is 2.24. The molecule has 11 aromatic carbocycles. The summed E-state index contributed by atoms with van der Waals surface area (Å²) < 4.78 is 27.2. The number of benzene rings is 11. The molecule has 0 aliphatic rings. The van der Waals surface area contributed by atoms with Gasteiger partial charge >= 0.3 is 29.8 Å². The molecule has 0 fully saturated rings. The Hall–Kier alpha value is -12.2. The molecule has 15 nitrogen and oxygen atoms in total. The highest BCUT2D eigenvalue weighted by atomic mass is 16.5. The summed E-state index contributed by atoms with van der Waals surface area (Å²) in [5, 5.41) is 0. The SMILES string of the molecule is CCOC(=O)c1cccc(N(c2ccccc2)c2ccc(N(c3ccc(N(c4ccc(N(c5ccc(N(c6ccccc6)c6cccc(C(=O)OCC)c6)cc5)c5cccc(C(=O)OCC)c5)cc4)c4cccc(C(=O)OCC)c4)cc3)c3cccc(C(=O)OCC)c3)cc2)c1. The van der Waals surface area contributed by atoms with Crippen molar-refractivity contribution in [3.63, 3.8) is 0 Å². The molecular formula is C81H71N5O10. The van der Waals surface area contributed by atoms with Crippen molar-refractivity contribution in [1.29, 1.82) is 0 Å². The van der Waals surface area contributed by atoms with Gasteiger partial charge < -0.3 is 48.2 Å². The number of para-hydroxylation sites is 2. The van der Waals surface area contributed by atoms with Crippen LogP contribution in [0.4, 0.5) is 85.3 Å². The van der Waals surface area contributed by atoms with Gasteiger partial charge in [-0.15, -0.1) is 0 Å². The summed E-state index contributed by atoms with van der Waals surface area (Å²) in [7, 11) is 0. The summed E-state index contributed by atoms with van der Waals surface area (Å²) in [5.41, 5.74) is 13.5. The van der Waals surface area contributed by atoms with Crippen molar-refractivity contribution in [2.24, 2.45) is 0 Å². The zero-order valence-electron chi connectivity index (χ0n) is 53.9. The lowest BCUT2D eigenvalue weighted by molar-refractivity contribution is 0.0517. The molecule has 0 saturated heterocycles. The van der Waals surface area contributed by atoms with Gasteiger partial charge in [0, 0.05) is 85.3 Å². The molecule has 0 radical (unpaired) electrons. The third-order valence-corrected chi connectivity index (χ3v) is 15.6. The van der Waals surface area contributed by atoms with Crippen LogP contribution in [0.15, 0.2) is 279 Å². The molecule has 480 valence electrons. The Labute approximate surface area is 559 Å². The number of rotatable bonds is 25. The van der Waals surface area contributed by atoms with Crippen LogP contribution in [0, 0.1) is 0 Å². The number of ether oxygens (including phenoxy) is 5. The lowest BCUT2D eigenvalue weighted by atomic mass is 10.1. The first-order chi connectivity index (χ1) is 47.0. The summed E-state index contributed by atoms with van der Waals surface area (Å²) >= 11 is 0. The average molecular weight is 1270 g/mol. The van der Waals surface area contributed by atoms with Gasteiger partial charge in [-0.2, -0.15) is 0 Å². The quantitative estimate of drug-likeness (QED) is 0.0394. The predicted molar refractivity (Wildman–Crippen MR) is 380 cm³/mol. The first kappa shape index (κ1) is 65.3. The molecule has 0 amide bonds. The standard InChI is InChI=1S/C81H71N5O10/c1-6-92-77(87)57-22-17-31-72(52-57)82(62-27-13-11-14-28-62)64-36-40-66(41-37-64)84(74-33-19-24-59(54-74)79(89)94-8-3)68-44-48-70(49-45-68)86(76-35-21-26-61(56-76)81(91)96-10-5)71-50-46-69(47-51-71)85(75-34-20-25-60(55-75)80(90)95-9-4)67-42-38-65(39-43-67)83(63-29-15-12-16-30-63)73-32-18-23-58(53-73)78(88)93-7-2/h11-56H,6-10H2,1-5H3. The number of hydrogen-bond acceptors (Lipinski definition) is 15. The molecule has 0 unspecified atom stereocenters. The highest BCUT2D eigenvalue weighted by Crippen LogP contribution is 2.45. The second-order valence-corrected chi connectivity index (χ2v) is 21.8. The molecule has 11 aromatic rings. The van der Waals surface area contributed by atoms with Gasteiger partial charge in [-0.3, -0.25) is 0 Å². The van der Waals surface area contributed by atoms with Gasteiger partial charge in [0.25, 0.3) is 0 Å². The lowest BCUT2D eigenvalue weighted by Gasteiger charge is -2.30. The van der Waals surface area contributed by atoms with E-state index in [2.05, 4.69) is 24.5 Å². The second kappa shape index (κ2) is 30.9. The van der Waals surface area contributed by atoms with Gasteiger partial charge in [0.2, 0.25) is 0 Å². The third kappa shape index (κ3) is 15.0. The molecular weight excluding hydrogens is 1200 g/mol. The minimum atomic E-state index is -0.461. The normalized spacial score (nSPS) is 10.8. The zero-order chi connectivity index (χ0) is 66.9. The molecule has 0 aromatic heterocycles. The number of esters is 5. The van der Waals surface area contributed by atoms with Gasteiger partial charge in [0.1, 0.15) is 0 Å². The van der Waals surface area contributed by atoms with Gasteiger partial charge in [-0.1, -0.05) is 66.7 Å². The molecule has 11 rings (SSSR count). The maximum Gasteiger partial charge on any atom is 0.338 e. The number of carbonyl (C=O) groups excluding carboxylic acids is 5. The van der Waals surface area contributed by atoms with Crippen molar-refractivity contribution >= 4 is 115 Å². The van der Waals surface area contributed by atoms with Crippen LogP contribution in [-0.2, 0) is 23.7 Å². The van der Waals surface area contributed by atoms with E-state index in [9.17, 15) is 24.0 Å². The topological polar surface area (TPSA) is 148 Å². The molecule has 0 saturated carbocycles. The van der Waals surface area contributed by atoms with E-state index < -0.39 is 29.8 Å². The van der Waals surface area contributed by atoms with Crippen LogP contribution in [0.1, 0.15) is 86.4 Å². The second-order valence-electron chi connectivity index (χ2n) is 21.8. The van der Waals surface area contributed by atoms with E-state index in [4.69, 9.17) is 23.7 Å². The molecule has 0 atom stereocenters. The molecule has 0 bridgehead atoms. The van der Waals surface area contributed by atoms with Gasteiger partial charge in [0.15, 0.2) is 0 Å². The van der Waals surface area contributed by atoms with Crippen molar-refractivity contribution in [2.45, 2.75) is 34.6 Å². The Balaban J connectivity index is 0.995. The fourth-order valence-electron chi connectivity index (χ4n) is 11.3. The Morgan fingerprint density at radius 2 is 0.344 bits per heavy atom. The van der Waals surface area contributed by atoms with Crippen LogP contribution >= 0.6 is 0 Å². The van der Waals surface area contributed by atoms with E-state index in [1.165, 1.54) is 0 Å². The van der Waals surface area contributed by atoms with Crippen LogP contribution in [-0.4, -0.2) is 62.9 Å². The minimum absolute atomic E-state index is 0.200. The molecule has 96 heavy (non-hydrogen) atoms. The Morgan fingerprint density at radius 3 is 0.500 bits per heavy atom. The Bertz CT molecular complexity index is 4240. The van der Waals surface area contributed by atoms with E-state index >= 15 is 0 Å². The fourth-order valence-corrected chi connectivity index (χ4v) is 11.3. The molecule has 0 aliphatic carbocycles. The summed E-state index contributed by atoms with van der Waals surface area (Å²) in [6.07, 6.45) is 0. The first-order valence-electron chi connectivity index (χ1n) is 31.8. The van der Waals surface area contributed by atoms with E-state index in [0.29, 0.717) is 44.9 Å². The maximum atomic E-state index is 13.5. The lowest BCUT2D eigenvalue weighted by Crippen LogP contribution is -2.15. The summed E-state index contributed by atoms with van der Waals surface area (Å²) in [6.45, 7) is 10.0. The number of hydrogen-bond donors (Lipinski definition) is 0. The molecule has 0 heterocycles. The predicted octanol–water partition coefficient (Wildman–Crippen LogP) is 19.9. The summed E-state index contributed by atoms with van der Waals surface area (Å²) in [6, 6.07) is 88.6. The maximum absolute atomic E-state index is 13.5. The minimum Gasteiger partial charge on any atom is -0.462 e. The number of carbonyl (C=O) groups is 5. The van der Waals surface area contributed by atoms with Crippen molar-refractivity contribution in [1.82, 2.24) is 0 Å². The summed E-state index contributed by atoms with van der Waals surface area (Å²) in [5.74, 6) is -2.19. The van der Waals surface area contributed by atoms with E-state index in [1.54, 1.807) is 71.0 Å². The van der Waals surface area contributed by atoms with E-state index in [0.717, 1.165) is 68.2 Å². The van der Waals surface area contributed by atoms with Crippen molar-refractivity contribution in [3.05, 3.63) is 307 Å². The molecule has 0 N–H and O–H groups in total. The van der Waals surface area contributed by atoms with Gasteiger partial charge in [0.05, 0.1) is 60.9 Å². The van der Waals surface area contributed by atoms with Gasteiger partial charge in [-0.05, 0) is 247 Å². The molecule has 0 spiro atoms. The number of anilines is 15. The van der Waals surface area contributed by atoms with Crippen LogP contribution < -0.4 is 24.5 Å². The Morgan fingerprint density at radius 1 is 0.198 bits per heavy atom. The fraction of sp³-hybridized carbons (Fsp3) is 0.123. The van der Waals surface area contributed by atoms with Gasteiger partial charge in [-0.25, -0.2) is 24.0 Å². The summed E-state index contributed by atoms with van der Waals surface area (Å²) in [4.78, 5) is 76.5. The zero-order valence-corrected chi connectivity index (χ0v) is 53.9. The van der Waals surface area contributed by atoms with Crippen molar-refractivity contribution < 1.29 is 47.7 Å². The molecule has 15 heteroatoms. The first-order valence-corrected chi connectivity index (χ1v) is 31.8. The van der Waals surface area contributed by atoms with Crippen molar-refractivity contribution in [2.75, 3.05) is 57.5 Å². The van der Waals surface area contributed by atoms with E-state index in [1.807, 2.05) is 243 Å². The van der Waals surface area contributed by atoms with Crippen LogP contribution in [0.2, 0.25) is 0 Å².